The normalized spacial score (nSPS) is 23.8. The van der Waals surface area contributed by atoms with Crippen LogP contribution in [-0.4, -0.2) is 18.0 Å². The van der Waals surface area contributed by atoms with Crippen LogP contribution in [0.25, 0.3) is 0 Å². The lowest BCUT2D eigenvalue weighted by Crippen LogP contribution is -2.19. The van der Waals surface area contributed by atoms with E-state index in [9.17, 15) is 0 Å². The van der Waals surface area contributed by atoms with Crippen LogP contribution in [0.1, 0.15) is 143 Å². The Morgan fingerprint density at radius 3 is 1.79 bits per heavy atom. The lowest BCUT2D eigenvalue weighted by molar-refractivity contribution is 0.202. The molecule has 0 aromatic carbocycles. The molecule has 0 saturated heterocycles. The summed E-state index contributed by atoms with van der Waals surface area (Å²) in [6, 6.07) is 0. The molecule has 0 spiro atoms. The summed E-state index contributed by atoms with van der Waals surface area (Å²) in [6.07, 6.45) is 27.2. The van der Waals surface area contributed by atoms with Gasteiger partial charge in [0, 0.05) is 6.42 Å². The Kier molecular flexibility index (Phi) is 12.3. The van der Waals surface area contributed by atoms with E-state index in [-0.39, 0.29) is 5.54 Å². The predicted octanol–water partition coefficient (Wildman–Crippen LogP) is 8.87. The average molecular weight is 406 g/mol. The van der Waals surface area contributed by atoms with Crippen molar-refractivity contribution < 1.29 is 4.74 Å². The van der Waals surface area contributed by atoms with Gasteiger partial charge in [-0.2, -0.15) is 0 Å². The number of nitrogens with zero attached hydrogens (tertiary/aromatic N) is 1. The molecule has 2 aliphatic rings. The van der Waals surface area contributed by atoms with Gasteiger partial charge >= 0.3 is 0 Å². The van der Waals surface area contributed by atoms with Crippen molar-refractivity contribution in [3.8, 4) is 0 Å². The molecule has 1 aliphatic heterocycles. The summed E-state index contributed by atoms with van der Waals surface area (Å²) in [5, 5.41) is 0. The van der Waals surface area contributed by atoms with Crippen molar-refractivity contribution in [1.82, 2.24) is 0 Å². The summed E-state index contributed by atoms with van der Waals surface area (Å²) in [6.45, 7) is 7.40. The van der Waals surface area contributed by atoms with Crippen molar-refractivity contribution in [1.29, 1.82) is 0 Å². The van der Waals surface area contributed by atoms with Crippen molar-refractivity contribution in [2.45, 2.75) is 148 Å². The van der Waals surface area contributed by atoms with Gasteiger partial charge in [0.1, 0.15) is 6.61 Å². The van der Waals surface area contributed by atoms with Gasteiger partial charge in [-0.05, 0) is 32.1 Å². The van der Waals surface area contributed by atoms with Gasteiger partial charge in [0.2, 0.25) is 0 Å². The second-order valence-corrected chi connectivity index (χ2v) is 10.6. The molecule has 1 aliphatic carbocycles. The van der Waals surface area contributed by atoms with E-state index in [1.165, 1.54) is 116 Å². The molecule has 2 unspecified atom stereocenters. The maximum Gasteiger partial charge on any atom is 0.183 e. The number of hydrogen-bond donors (Lipinski definition) is 0. The molecule has 0 N–H and O–H groups in total. The lowest BCUT2D eigenvalue weighted by atomic mass is 9.74. The van der Waals surface area contributed by atoms with Gasteiger partial charge < -0.3 is 4.74 Å². The second-order valence-electron chi connectivity index (χ2n) is 10.6. The van der Waals surface area contributed by atoms with Gasteiger partial charge in [-0.25, -0.2) is 4.99 Å². The van der Waals surface area contributed by atoms with E-state index in [4.69, 9.17) is 4.74 Å². The highest BCUT2D eigenvalue weighted by Gasteiger charge is 2.25. The van der Waals surface area contributed by atoms with Gasteiger partial charge in [-0.3, -0.25) is 0 Å². The van der Waals surface area contributed by atoms with Gasteiger partial charge in [0.25, 0.3) is 0 Å². The molecule has 29 heavy (non-hydrogen) atoms. The highest BCUT2D eigenvalue weighted by atomic mass is 16.5. The summed E-state index contributed by atoms with van der Waals surface area (Å²) in [4.78, 5) is 4.66. The van der Waals surface area contributed by atoms with Gasteiger partial charge in [0.15, 0.2) is 5.90 Å². The van der Waals surface area contributed by atoms with Crippen molar-refractivity contribution in [2.75, 3.05) is 6.61 Å². The third-order valence-corrected chi connectivity index (χ3v) is 7.23. The van der Waals surface area contributed by atoms with Crippen LogP contribution < -0.4 is 0 Å². The van der Waals surface area contributed by atoms with E-state index in [1.54, 1.807) is 0 Å². The molecule has 1 saturated carbocycles. The third-order valence-electron chi connectivity index (χ3n) is 7.23. The standard InChI is InChI=1S/C27H51NO/c1-4-5-6-10-13-18-24-20-16-17-21-25(24)19-14-11-8-7-9-12-15-22-26-28-27(2,3)23-29-26/h24-25H,4-23H2,1-3H3. The molecular formula is C27H51NO. The Bertz CT molecular complexity index is 442. The van der Waals surface area contributed by atoms with Crippen molar-refractivity contribution in [3.05, 3.63) is 0 Å². The summed E-state index contributed by atoms with van der Waals surface area (Å²) in [7, 11) is 0. The van der Waals surface area contributed by atoms with E-state index in [0.29, 0.717) is 0 Å². The summed E-state index contributed by atoms with van der Waals surface area (Å²) < 4.78 is 5.69. The SMILES string of the molecule is CCCCCCCC1CCCCC1CCCCCCCCCC1=NC(C)(C)CO1. The first-order chi connectivity index (χ1) is 14.1. The fourth-order valence-corrected chi connectivity index (χ4v) is 5.41. The Hall–Kier alpha value is -0.530. The van der Waals surface area contributed by atoms with E-state index in [2.05, 4.69) is 25.8 Å². The zero-order valence-corrected chi connectivity index (χ0v) is 20.2. The fourth-order valence-electron chi connectivity index (χ4n) is 5.41. The molecule has 170 valence electrons. The molecule has 1 fully saturated rings. The number of hydrogen-bond acceptors (Lipinski definition) is 2. The van der Waals surface area contributed by atoms with E-state index >= 15 is 0 Å². The van der Waals surface area contributed by atoms with Crippen LogP contribution in [0.15, 0.2) is 4.99 Å². The van der Waals surface area contributed by atoms with Crippen molar-refractivity contribution in [3.63, 3.8) is 0 Å². The van der Waals surface area contributed by atoms with Crippen molar-refractivity contribution >= 4 is 5.90 Å². The lowest BCUT2D eigenvalue weighted by Gasteiger charge is -2.32. The number of unbranched alkanes of at least 4 members (excludes halogenated alkanes) is 10. The quantitative estimate of drug-likeness (QED) is 0.235. The molecule has 0 aromatic heterocycles. The fraction of sp³-hybridized carbons (Fsp3) is 0.963. The van der Waals surface area contributed by atoms with Gasteiger partial charge in [-0.1, -0.05) is 116 Å². The summed E-state index contributed by atoms with van der Waals surface area (Å²) in [5.74, 6) is 3.13. The minimum Gasteiger partial charge on any atom is -0.478 e. The Morgan fingerprint density at radius 1 is 0.759 bits per heavy atom. The van der Waals surface area contributed by atoms with Crippen molar-refractivity contribution in [2.24, 2.45) is 16.8 Å². The largest absolute Gasteiger partial charge is 0.478 e. The molecule has 2 atom stereocenters. The molecule has 0 bridgehead atoms. The predicted molar refractivity (Wildman–Crippen MR) is 128 cm³/mol. The average Bonchev–Trinajstić information content (AvgIpc) is 3.06. The van der Waals surface area contributed by atoms with E-state index in [0.717, 1.165) is 30.8 Å². The topological polar surface area (TPSA) is 21.6 Å². The molecule has 0 radical (unpaired) electrons. The maximum absolute atomic E-state index is 5.69. The smallest absolute Gasteiger partial charge is 0.183 e. The van der Waals surface area contributed by atoms with Crippen LogP contribution in [0.3, 0.4) is 0 Å². The zero-order chi connectivity index (χ0) is 20.8. The number of aliphatic imine (C=N–C) groups is 1. The maximum atomic E-state index is 5.69. The minimum absolute atomic E-state index is 0.0156. The monoisotopic (exact) mass is 405 g/mol. The molecule has 0 amide bonds. The first-order valence-electron chi connectivity index (χ1n) is 13.3. The van der Waals surface area contributed by atoms with Gasteiger partial charge in [-0.15, -0.1) is 0 Å². The highest BCUT2D eigenvalue weighted by molar-refractivity contribution is 5.78. The molecule has 0 aromatic rings. The van der Waals surface area contributed by atoms with Crippen LogP contribution >= 0.6 is 0 Å². The Morgan fingerprint density at radius 2 is 1.28 bits per heavy atom. The zero-order valence-electron chi connectivity index (χ0n) is 20.2. The van der Waals surface area contributed by atoms with E-state index < -0.39 is 0 Å². The molecule has 1 heterocycles. The first-order valence-corrected chi connectivity index (χ1v) is 13.3. The van der Waals surface area contributed by atoms with Crippen LogP contribution in [0.5, 0.6) is 0 Å². The summed E-state index contributed by atoms with van der Waals surface area (Å²) >= 11 is 0. The van der Waals surface area contributed by atoms with Gasteiger partial charge in [0.05, 0.1) is 5.54 Å². The van der Waals surface area contributed by atoms with Crippen LogP contribution in [0.4, 0.5) is 0 Å². The molecule has 2 nitrogen and oxygen atoms in total. The second kappa shape index (κ2) is 14.5. The Balaban J connectivity index is 1.43. The molecule has 2 rings (SSSR count). The van der Waals surface area contributed by atoms with Crippen LogP contribution in [0.2, 0.25) is 0 Å². The Labute approximate surface area is 182 Å². The first kappa shape index (κ1) is 24.7. The number of ether oxygens (including phenoxy) is 1. The van der Waals surface area contributed by atoms with Crippen LogP contribution in [-0.2, 0) is 4.74 Å². The van der Waals surface area contributed by atoms with Crippen LogP contribution in [0, 0.1) is 11.8 Å². The molecular weight excluding hydrogens is 354 g/mol. The number of rotatable bonds is 16. The molecule has 2 heteroatoms. The highest BCUT2D eigenvalue weighted by Crippen LogP contribution is 2.37. The summed E-state index contributed by atoms with van der Waals surface area (Å²) in [5.41, 5.74) is 0.0156. The van der Waals surface area contributed by atoms with E-state index in [1.807, 2.05) is 0 Å². The third kappa shape index (κ3) is 10.9. The minimum atomic E-state index is 0.0156.